The predicted molar refractivity (Wildman–Crippen MR) is 156 cm³/mol. The van der Waals surface area contributed by atoms with Gasteiger partial charge in [0.05, 0.1) is 37.1 Å². The number of ether oxygens (including phenoxy) is 3. The zero-order valence-corrected chi connectivity index (χ0v) is 24.7. The molecule has 10 nitrogen and oxygen atoms in total. The number of anilines is 1. The first kappa shape index (κ1) is 29.2. The number of aromatic nitrogens is 2. The van der Waals surface area contributed by atoms with Crippen molar-refractivity contribution in [2.45, 2.75) is 70.2 Å². The monoisotopic (exact) mass is 582 g/mol. The molecule has 0 unspecified atom stereocenters. The number of benzene rings is 1. The average Bonchev–Trinajstić information content (AvgIpc) is 3.49. The van der Waals surface area contributed by atoms with Crippen LogP contribution >= 0.6 is 0 Å². The smallest absolute Gasteiger partial charge is 0.258 e. The Morgan fingerprint density at radius 3 is 2.69 bits per heavy atom. The van der Waals surface area contributed by atoms with Crippen LogP contribution in [0.25, 0.3) is 0 Å². The van der Waals surface area contributed by atoms with Crippen molar-refractivity contribution in [3.05, 3.63) is 42.1 Å². The van der Waals surface area contributed by atoms with Gasteiger partial charge < -0.3 is 34.6 Å². The zero-order valence-electron chi connectivity index (χ0n) is 24.7. The molecule has 4 aliphatic rings. The summed E-state index contributed by atoms with van der Waals surface area (Å²) >= 11 is 0. The summed E-state index contributed by atoms with van der Waals surface area (Å²) < 4.78 is 32.2. The van der Waals surface area contributed by atoms with E-state index in [1.807, 2.05) is 13.8 Å². The molecule has 5 heterocycles. The van der Waals surface area contributed by atoms with E-state index in [1.54, 1.807) is 11.1 Å². The second-order valence-electron chi connectivity index (χ2n) is 12.7. The van der Waals surface area contributed by atoms with Crippen LogP contribution in [0.3, 0.4) is 0 Å². The van der Waals surface area contributed by atoms with E-state index in [2.05, 4.69) is 19.8 Å². The van der Waals surface area contributed by atoms with E-state index in [0.29, 0.717) is 37.5 Å². The molecule has 6 rings (SSSR count). The molecule has 1 spiro atoms. The molecule has 11 heteroatoms. The first-order chi connectivity index (χ1) is 20.3. The van der Waals surface area contributed by atoms with E-state index in [-0.39, 0.29) is 40.8 Å². The van der Waals surface area contributed by atoms with Gasteiger partial charge in [-0.3, -0.25) is 4.79 Å². The number of carbonyl (C=O) groups is 1. The quantitative estimate of drug-likeness (QED) is 0.501. The Hall–Kier alpha value is -2.86. The molecule has 228 valence electrons. The molecule has 0 bridgehead atoms. The Morgan fingerprint density at radius 2 is 2.00 bits per heavy atom. The van der Waals surface area contributed by atoms with Crippen LogP contribution in [0.2, 0.25) is 0 Å². The highest BCUT2D eigenvalue weighted by Crippen LogP contribution is 2.45. The zero-order chi connectivity index (χ0) is 29.3. The van der Waals surface area contributed by atoms with Crippen molar-refractivity contribution < 1.29 is 23.4 Å². The Morgan fingerprint density at radius 1 is 1.19 bits per heavy atom. The van der Waals surface area contributed by atoms with Crippen molar-refractivity contribution in [3.8, 4) is 11.5 Å². The van der Waals surface area contributed by atoms with E-state index < -0.39 is 5.82 Å². The number of carbonyl (C=O) groups excluding carboxylic acids is 1. The topological polar surface area (TPSA) is 106 Å². The van der Waals surface area contributed by atoms with Crippen molar-refractivity contribution in [1.29, 1.82) is 0 Å². The summed E-state index contributed by atoms with van der Waals surface area (Å²) in [6.45, 7) is 10.6. The first-order valence-electron chi connectivity index (χ1n) is 15.3. The summed E-state index contributed by atoms with van der Waals surface area (Å²) in [7, 11) is 0. The fourth-order valence-corrected chi connectivity index (χ4v) is 6.90. The summed E-state index contributed by atoms with van der Waals surface area (Å²) in [6.07, 6.45) is 8.52. The predicted octanol–water partition coefficient (Wildman–Crippen LogP) is 3.46. The highest BCUT2D eigenvalue weighted by molar-refractivity contribution is 5.97. The minimum absolute atomic E-state index is 0.0542. The number of amides is 1. The van der Waals surface area contributed by atoms with Crippen LogP contribution in [-0.2, 0) is 9.47 Å². The van der Waals surface area contributed by atoms with Crippen molar-refractivity contribution in [1.82, 2.24) is 19.8 Å². The molecule has 0 radical (unpaired) electrons. The molecule has 0 aliphatic carbocycles. The van der Waals surface area contributed by atoms with Gasteiger partial charge in [0.1, 0.15) is 17.9 Å². The highest BCUT2D eigenvalue weighted by Gasteiger charge is 2.46. The molecule has 1 amide bonds. The third kappa shape index (κ3) is 6.24. The van der Waals surface area contributed by atoms with Gasteiger partial charge >= 0.3 is 0 Å². The van der Waals surface area contributed by atoms with Gasteiger partial charge in [-0.15, -0.1) is 0 Å². The van der Waals surface area contributed by atoms with Gasteiger partial charge in [-0.05, 0) is 77.2 Å². The molecule has 0 saturated carbocycles. The van der Waals surface area contributed by atoms with Gasteiger partial charge in [-0.1, -0.05) is 0 Å². The maximum Gasteiger partial charge on any atom is 0.258 e. The van der Waals surface area contributed by atoms with E-state index in [4.69, 9.17) is 19.9 Å². The fourth-order valence-electron chi connectivity index (χ4n) is 6.90. The fraction of sp³-hybridized carbons (Fsp3) is 0.645. The number of nitrogens with two attached hydrogens (primary N) is 1. The van der Waals surface area contributed by atoms with Crippen LogP contribution in [0.5, 0.6) is 11.5 Å². The van der Waals surface area contributed by atoms with Crippen molar-refractivity contribution in [2.75, 3.05) is 57.4 Å². The van der Waals surface area contributed by atoms with Crippen molar-refractivity contribution in [2.24, 2.45) is 11.1 Å². The average molecular weight is 583 g/mol. The molecule has 2 aromatic rings. The minimum Gasteiger partial charge on any atom is -0.451 e. The molecule has 3 atom stereocenters. The second kappa shape index (κ2) is 12.4. The van der Waals surface area contributed by atoms with E-state index in [9.17, 15) is 9.18 Å². The van der Waals surface area contributed by atoms with Gasteiger partial charge in [0.15, 0.2) is 11.6 Å². The molecule has 4 saturated heterocycles. The van der Waals surface area contributed by atoms with Gasteiger partial charge in [0.2, 0.25) is 0 Å². The number of halogens is 1. The molecule has 2 N–H and O–H groups in total. The van der Waals surface area contributed by atoms with Gasteiger partial charge in [-0.2, -0.15) is 0 Å². The van der Waals surface area contributed by atoms with E-state index in [1.165, 1.54) is 24.5 Å². The lowest BCUT2D eigenvalue weighted by Gasteiger charge is -2.54. The third-order valence-corrected chi connectivity index (χ3v) is 9.28. The Bertz CT molecular complexity index is 1230. The van der Waals surface area contributed by atoms with Gasteiger partial charge in [0.25, 0.3) is 5.91 Å². The lowest BCUT2D eigenvalue weighted by molar-refractivity contribution is -0.0277. The molecule has 42 heavy (non-hydrogen) atoms. The number of likely N-dealkylation sites (tertiary alicyclic amines) is 1. The largest absolute Gasteiger partial charge is 0.451 e. The molecule has 1 aromatic heterocycles. The number of hydrogen-bond acceptors (Lipinski definition) is 9. The minimum atomic E-state index is -0.490. The summed E-state index contributed by atoms with van der Waals surface area (Å²) in [5.41, 5.74) is 6.42. The maximum atomic E-state index is 14.4. The molecular formula is C31H43FN6O4. The Kier molecular flexibility index (Phi) is 8.63. The molecule has 4 fully saturated rings. The van der Waals surface area contributed by atoms with E-state index in [0.717, 1.165) is 64.8 Å². The third-order valence-electron chi connectivity index (χ3n) is 9.28. The summed E-state index contributed by atoms with van der Waals surface area (Å²) in [6, 6.07) is 4.13. The summed E-state index contributed by atoms with van der Waals surface area (Å²) in [5, 5.41) is 0. The summed E-state index contributed by atoms with van der Waals surface area (Å²) in [5.74, 6) is 0.674. The van der Waals surface area contributed by atoms with Crippen LogP contribution < -0.4 is 15.4 Å². The van der Waals surface area contributed by atoms with Crippen LogP contribution in [0.4, 0.5) is 10.2 Å². The lowest BCUT2D eigenvalue weighted by atomic mass is 9.72. The standard InChI is InChI=1S/C31H43FN6O4/c1-21(2)38(24-7-12-40-17-24)30(39)26-13-22(32)3-6-27(26)42-28-14-34-20-35-29(28)37-18-31(19-37)8-10-36(11-9-31)15-25-5-4-23(33)16-41-25/h3,6,13-14,20-21,23-25H,4-5,7-12,15-19,33H2,1-2H3/t23-,24-,25+/m1/s1. The van der Waals surface area contributed by atoms with Crippen LogP contribution in [-0.4, -0.2) is 102 Å². The Labute approximate surface area is 247 Å². The van der Waals surface area contributed by atoms with Gasteiger partial charge in [-0.25, -0.2) is 14.4 Å². The van der Waals surface area contributed by atoms with Crippen LogP contribution in [0.1, 0.15) is 56.3 Å². The number of rotatable bonds is 8. The number of piperidine rings is 1. The van der Waals surface area contributed by atoms with Crippen LogP contribution in [0.15, 0.2) is 30.7 Å². The highest BCUT2D eigenvalue weighted by atomic mass is 19.1. The molecule has 1 aromatic carbocycles. The lowest BCUT2D eigenvalue weighted by Crippen LogP contribution is -2.61. The van der Waals surface area contributed by atoms with Crippen molar-refractivity contribution in [3.63, 3.8) is 0 Å². The van der Waals surface area contributed by atoms with Crippen molar-refractivity contribution >= 4 is 11.7 Å². The first-order valence-corrected chi connectivity index (χ1v) is 15.3. The molecule has 4 aliphatic heterocycles. The maximum absolute atomic E-state index is 14.4. The van der Waals surface area contributed by atoms with E-state index >= 15 is 0 Å². The van der Waals surface area contributed by atoms with Gasteiger partial charge in [0, 0.05) is 43.7 Å². The second-order valence-corrected chi connectivity index (χ2v) is 12.7. The van der Waals surface area contributed by atoms with Crippen LogP contribution in [0, 0.1) is 11.2 Å². The SMILES string of the molecule is CC(C)N(C(=O)c1cc(F)ccc1Oc1cncnc1N1CC2(CCN(C[C@@H]3CC[C@@H](N)CO3)CC2)C1)[C@@H]1CCOC1. The number of hydrogen-bond donors (Lipinski definition) is 1. The summed E-state index contributed by atoms with van der Waals surface area (Å²) in [4.78, 5) is 29.0. The molecular weight excluding hydrogens is 539 g/mol. The normalized spacial score (nSPS) is 25.9. The number of nitrogens with zero attached hydrogens (tertiary/aromatic N) is 5. The Balaban J connectivity index is 1.11.